The molecular formula is C21H29N3O4. The van der Waals surface area contributed by atoms with Crippen LogP contribution in [0.3, 0.4) is 0 Å². The van der Waals surface area contributed by atoms with Crippen LogP contribution in [0.1, 0.15) is 32.6 Å². The molecule has 3 aliphatic rings. The van der Waals surface area contributed by atoms with Crippen molar-refractivity contribution in [3.8, 4) is 11.5 Å². The van der Waals surface area contributed by atoms with Crippen molar-refractivity contribution in [2.75, 3.05) is 44.3 Å². The molecular weight excluding hydrogens is 358 g/mol. The van der Waals surface area contributed by atoms with Crippen LogP contribution < -0.4 is 19.7 Å². The highest BCUT2D eigenvalue weighted by atomic mass is 16.6. The smallest absolute Gasteiger partial charge is 0.228 e. The average Bonchev–Trinajstić information content (AvgIpc) is 3.13. The number of nitrogens with zero attached hydrogens (tertiary/aromatic N) is 2. The van der Waals surface area contributed by atoms with Gasteiger partial charge >= 0.3 is 0 Å². The van der Waals surface area contributed by atoms with E-state index in [0.717, 1.165) is 44.6 Å². The second-order valence-corrected chi connectivity index (χ2v) is 7.75. The number of ether oxygens (including phenoxy) is 2. The van der Waals surface area contributed by atoms with Gasteiger partial charge in [0, 0.05) is 37.3 Å². The second kappa shape index (κ2) is 8.39. The van der Waals surface area contributed by atoms with Crippen LogP contribution in [0.4, 0.5) is 5.69 Å². The molecule has 3 heterocycles. The second-order valence-electron chi connectivity index (χ2n) is 7.75. The number of carbonyl (C=O) groups excluding carboxylic acids is 2. The van der Waals surface area contributed by atoms with Gasteiger partial charge < -0.3 is 24.6 Å². The molecule has 0 saturated carbocycles. The summed E-state index contributed by atoms with van der Waals surface area (Å²) in [6, 6.07) is 5.84. The molecule has 2 fully saturated rings. The van der Waals surface area contributed by atoms with Gasteiger partial charge in [0.2, 0.25) is 11.8 Å². The monoisotopic (exact) mass is 387 g/mol. The Morgan fingerprint density at radius 2 is 1.96 bits per heavy atom. The minimum Gasteiger partial charge on any atom is -0.486 e. The summed E-state index contributed by atoms with van der Waals surface area (Å²) in [6.07, 6.45) is 3.18. The van der Waals surface area contributed by atoms with Crippen molar-refractivity contribution in [2.24, 2.45) is 5.92 Å². The van der Waals surface area contributed by atoms with E-state index < -0.39 is 0 Å². The third kappa shape index (κ3) is 3.81. The third-order valence-electron chi connectivity index (χ3n) is 5.81. The molecule has 7 nitrogen and oxygen atoms in total. The first-order chi connectivity index (χ1) is 13.7. The fraction of sp³-hybridized carbons (Fsp3) is 0.619. The number of hydrogen-bond donors (Lipinski definition) is 1. The Hall–Kier alpha value is -2.28. The first-order valence-corrected chi connectivity index (χ1v) is 10.4. The molecule has 152 valence electrons. The fourth-order valence-electron chi connectivity index (χ4n) is 4.39. The molecule has 4 rings (SSSR count). The summed E-state index contributed by atoms with van der Waals surface area (Å²) in [5.41, 5.74) is 0.772. The minimum atomic E-state index is -0.276. The number of benzene rings is 1. The zero-order valence-corrected chi connectivity index (χ0v) is 16.5. The number of carbonyl (C=O) groups is 2. The number of fused-ring (bicyclic) bond motifs is 1. The fourth-order valence-corrected chi connectivity index (χ4v) is 4.39. The third-order valence-corrected chi connectivity index (χ3v) is 5.81. The molecule has 2 saturated heterocycles. The van der Waals surface area contributed by atoms with Crippen LogP contribution in [0.25, 0.3) is 0 Å². The topological polar surface area (TPSA) is 71.1 Å². The number of anilines is 1. The van der Waals surface area contributed by atoms with Crippen molar-refractivity contribution >= 4 is 17.5 Å². The van der Waals surface area contributed by atoms with Gasteiger partial charge in [-0.05, 0) is 44.5 Å². The number of amides is 2. The first-order valence-electron chi connectivity index (χ1n) is 10.4. The Kier molecular flexibility index (Phi) is 5.71. The highest BCUT2D eigenvalue weighted by Crippen LogP contribution is 2.36. The Labute approximate surface area is 166 Å². The molecule has 1 aromatic rings. The molecule has 0 bridgehead atoms. The van der Waals surface area contributed by atoms with Gasteiger partial charge in [-0.1, -0.05) is 6.92 Å². The SMILES string of the molecule is CCCN(C(=O)C1CC(=O)N(c2ccc3c(c2)OCCO3)C1)C1CCNCC1. The van der Waals surface area contributed by atoms with Crippen molar-refractivity contribution in [3.05, 3.63) is 18.2 Å². The molecule has 0 radical (unpaired) electrons. The summed E-state index contributed by atoms with van der Waals surface area (Å²) in [5.74, 6) is 1.21. The minimum absolute atomic E-state index is 0.00297. The highest BCUT2D eigenvalue weighted by Gasteiger charge is 2.39. The summed E-state index contributed by atoms with van der Waals surface area (Å²) in [7, 11) is 0. The van der Waals surface area contributed by atoms with E-state index in [1.54, 1.807) is 4.90 Å². The van der Waals surface area contributed by atoms with Crippen LogP contribution in [0.5, 0.6) is 11.5 Å². The van der Waals surface area contributed by atoms with Gasteiger partial charge in [-0.2, -0.15) is 0 Å². The van der Waals surface area contributed by atoms with E-state index in [1.165, 1.54) is 0 Å². The summed E-state index contributed by atoms with van der Waals surface area (Å²) >= 11 is 0. The van der Waals surface area contributed by atoms with Crippen molar-refractivity contribution in [1.29, 1.82) is 0 Å². The van der Waals surface area contributed by atoms with E-state index in [1.807, 2.05) is 23.1 Å². The van der Waals surface area contributed by atoms with E-state index in [0.29, 0.717) is 31.3 Å². The Bertz CT molecular complexity index is 732. The molecule has 1 unspecified atom stereocenters. The molecule has 1 atom stereocenters. The van der Waals surface area contributed by atoms with Crippen molar-refractivity contribution in [1.82, 2.24) is 10.2 Å². The van der Waals surface area contributed by atoms with Crippen LogP contribution in [-0.2, 0) is 9.59 Å². The van der Waals surface area contributed by atoms with Crippen LogP contribution in [0, 0.1) is 5.92 Å². The molecule has 2 amide bonds. The number of nitrogens with one attached hydrogen (secondary N) is 1. The normalized spacial score (nSPS) is 22.4. The predicted octanol–water partition coefficient (Wildman–Crippen LogP) is 1.80. The quantitative estimate of drug-likeness (QED) is 0.834. The van der Waals surface area contributed by atoms with Gasteiger partial charge in [0.15, 0.2) is 11.5 Å². The number of hydrogen-bond acceptors (Lipinski definition) is 5. The van der Waals surface area contributed by atoms with E-state index in [2.05, 4.69) is 12.2 Å². The number of rotatable bonds is 5. The summed E-state index contributed by atoms with van der Waals surface area (Å²) in [6.45, 7) is 6.24. The van der Waals surface area contributed by atoms with Crippen LogP contribution in [0.15, 0.2) is 18.2 Å². The lowest BCUT2D eigenvalue weighted by Crippen LogP contribution is -2.48. The molecule has 3 aliphatic heterocycles. The molecule has 1 aromatic carbocycles. The molecule has 28 heavy (non-hydrogen) atoms. The highest BCUT2D eigenvalue weighted by molar-refractivity contribution is 6.00. The molecule has 1 N–H and O–H groups in total. The van der Waals surface area contributed by atoms with E-state index >= 15 is 0 Å². The molecule has 7 heteroatoms. The lowest BCUT2D eigenvalue weighted by molar-refractivity contribution is -0.138. The van der Waals surface area contributed by atoms with Crippen molar-refractivity contribution in [2.45, 2.75) is 38.6 Å². The van der Waals surface area contributed by atoms with Gasteiger partial charge in [0.1, 0.15) is 13.2 Å². The Morgan fingerprint density at radius 3 is 2.71 bits per heavy atom. The van der Waals surface area contributed by atoms with E-state index in [9.17, 15) is 9.59 Å². The van der Waals surface area contributed by atoms with Gasteiger partial charge in [0.25, 0.3) is 0 Å². The Balaban J connectivity index is 1.48. The van der Waals surface area contributed by atoms with E-state index in [-0.39, 0.29) is 30.2 Å². The van der Waals surface area contributed by atoms with Crippen LogP contribution >= 0.6 is 0 Å². The summed E-state index contributed by atoms with van der Waals surface area (Å²) in [4.78, 5) is 29.7. The van der Waals surface area contributed by atoms with Gasteiger partial charge in [-0.25, -0.2) is 0 Å². The first kappa shape index (κ1) is 19.1. The lowest BCUT2D eigenvalue weighted by atomic mass is 10.0. The Morgan fingerprint density at radius 1 is 1.21 bits per heavy atom. The van der Waals surface area contributed by atoms with Gasteiger partial charge in [0.05, 0.1) is 5.92 Å². The predicted molar refractivity (Wildman–Crippen MR) is 106 cm³/mol. The standard InChI is InChI=1S/C21H29N3O4/c1-2-9-23(16-5-7-22-8-6-16)21(26)15-12-20(25)24(14-15)17-3-4-18-19(13-17)28-11-10-27-18/h3-4,13,15-16,22H,2,5-12,14H2,1H3. The lowest BCUT2D eigenvalue weighted by Gasteiger charge is -2.36. The van der Waals surface area contributed by atoms with Gasteiger partial charge in [-0.3, -0.25) is 9.59 Å². The van der Waals surface area contributed by atoms with Crippen molar-refractivity contribution in [3.63, 3.8) is 0 Å². The largest absolute Gasteiger partial charge is 0.486 e. The van der Waals surface area contributed by atoms with Crippen LogP contribution in [0.2, 0.25) is 0 Å². The average molecular weight is 387 g/mol. The molecule has 0 aliphatic carbocycles. The van der Waals surface area contributed by atoms with Crippen LogP contribution in [-0.4, -0.2) is 62.1 Å². The molecule has 0 aromatic heterocycles. The maximum absolute atomic E-state index is 13.3. The summed E-state index contributed by atoms with van der Waals surface area (Å²) < 4.78 is 11.2. The maximum Gasteiger partial charge on any atom is 0.228 e. The molecule has 0 spiro atoms. The maximum atomic E-state index is 13.3. The summed E-state index contributed by atoms with van der Waals surface area (Å²) in [5, 5.41) is 3.36. The van der Waals surface area contributed by atoms with E-state index in [4.69, 9.17) is 9.47 Å². The zero-order chi connectivity index (χ0) is 19.5. The van der Waals surface area contributed by atoms with Crippen molar-refractivity contribution < 1.29 is 19.1 Å². The number of piperidine rings is 1. The zero-order valence-electron chi connectivity index (χ0n) is 16.5. The van der Waals surface area contributed by atoms with Gasteiger partial charge in [-0.15, -0.1) is 0 Å².